The van der Waals surface area contributed by atoms with Crippen LogP contribution < -0.4 is 5.73 Å². The van der Waals surface area contributed by atoms with E-state index in [0.29, 0.717) is 0 Å². The first-order chi connectivity index (χ1) is 7.50. The van der Waals surface area contributed by atoms with Crippen molar-refractivity contribution in [1.29, 1.82) is 0 Å². The van der Waals surface area contributed by atoms with Crippen LogP contribution in [0.3, 0.4) is 0 Å². The summed E-state index contributed by atoms with van der Waals surface area (Å²) < 4.78 is 0. The molecule has 16 heavy (non-hydrogen) atoms. The Hall–Kier alpha value is -1.50. The first kappa shape index (κ1) is 11.0. The molecule has 1 aromatic rings. The topological polar surface area (TPSA) is 26.0 Å². The zero-order valence-electron chi connectivity index (χ0n) is 10.5. The minimum absolute atomic E-state index is 0.0251. The first-order valence-corrected chi connectivity index (χ1v) is 5.73. The van der Waals surface area contributed by atoms with Gasteiger partial charge in [-0.2, -0.15) is 0 Å². The molecule has 0 heterocycles. The van der Waals surface area contributed by atoms with Crippen LogP contribution in [0.15, 0.2) is 41.6 Å². The van der Waals surface area contributed by atoms with Crippen molar-refractivity contribution in [2.45, 2.75) is 33.1 Å². The van der Waals surface area contributed by atoms with Gasteiger partial charge in [-0.25, -0.2) is 0 Å². The summed E-state index contributed by atoms with van der Waals surface area (Å²) in [5, 5.41) is 0. The number of nitrogens with two attached hydrogens (primary N) is 1. The second kappa shape index (κ2) is 3.51. The minimum Gasteiger partial charge on any atom is -0.402 e. The van der Waals surface area contributed by atoms with Crippen molar-refractivity contribution >= 4 is 5.57 Å². The predicted molar refractivity (Wildman–Crippen MR) is 70.0 cm³/mol. The molecule has 0 saturated carbocycles. The Balaban J connectivity index is 2.81. The van der Waals surface area contributed by atoms with Crippen LogP contribution in [0.4, 0.5) is 0 Å². The highest BCUT2D eigenvalue weighted by Crippen LogP contribution is 2.49. The van der Waals surface area contributed by atoms with Gasteiger partial charge in [0.1, 0.15) is 0 Å². The predicted octanol–water partition coefficient (Wildman–Crippen LogP) is 3.61. The highest BCUT2D eigenvalue weighted by molar-refractivity contribution is 5.89. The molecule has 2 N–H and O–H groups in total. The lowest BCUT2D eigenvalue weighted by Crippen LogP contribution is -2.18. The van der Waals surface area contributed by atoms with Crippen molar-refractivity contribution in [3.8, 4) is 0 Å². The summed E-state index contributed by atoms with van der Waals surface area (Å²) in [4.78, 5) is 0. The molecule has 1 nitrogen and oxygen atoms in total. The number of allylic oxidation sites excluding steroid dienone is 4. The van der Waals surface area contributed by atoms with Crippen LogP contribution in [0.25, 0.3) is 5.57 Å². The Morgan fingerprint density at radius 3 is 2.44 bits per heavy atom. The van der Waals surface area contributed by atoms with Gasteiger partial charge in [0, 0.05) is 11.1 Å². The normalized spacial score (nSPS) is 23.4. The summed E-state index contributed by atoms with van der Waals surface area (Å²) in [5.41, 5.74) is 12.3. The zero-order valence-corrected chi connectivity index (χ0v) is 10.5. The molecule has 0 aromatic heterocycles. The maximum Gasteiger partial charge on any atom is 0.0175 e. The molecule has 0 unspecified atom stereocenters. The fourth-order valence-electron chi connectivity index (χ4n) is 2.87. The Morgan fingerprint density at radius 1 is 1.25 bits per heavy atom. The van der Waals surface area contributed by atoms with Gasteiger partial charge in [-0.15, -0.1) is 0 Å². The maximum absolute atomic E-state index is 6.06. The summed E-state index contributed by atoms with van der Waals surface area (Å²) in [5.74, 6) is 0. The van der Waals surface area contributed by atoms with Crippen molar-refractivity contribution in [3.63, 3.8) is 0 Å². The van der Waals surface area contributed by atoms with Crippen molar-refractivity contribution in [2.75, 3.05) is 0 Å². The van der Waals surface area contributed by atoms with E-state index in [2.05, 4.69) is 51.1 Å². The fraction of sp³-hybridized carbons (Fsp3) is 0.333. The Morgan fingerprint density at radius 2 is 1.88 bits per heavy atom. The third-order valence-corrected chi connectivity index (χ3v) is 3.47. The van der Waals surface area contributed by atoms with Crippen LogP contribution in [0.2, 0.25) is 0 Å². The highest BCUT2D eigenvalue weighted by Gasteiger charge is 2.38. The number of fused-ring (bicyclic) bond motifs is 1. The van der Waals surface area contributed by atoms with Crippen LogP contribution in [-0.4, -0.2) is 0 Å². The minimum atomic E-state index is 0.0251. The molecule has 1 aliphatic carbocycles. The molecule has 0 atom stereocenters. The molecule has 2 rings (SSSR count). The van der Waals surface area contributed by atoms with Crippen LogP contribution in [0.1, 0.15) is 38.8 Å². The van der Waals surface area contributed by atoms with Gasteiger partial charge in [0.25, 0.3) is 0 Å². The smallest absolute Gasteiger partial charge is 0.0175 e. The zero-order chi connectivity index (χ0) is 11.9. The first-order valence-electron chi connectivity index (χ1n) is 5.73. The number of hydrogen-bond acceptors (Lipinski definition) is 1. The molecule has 0 spiro atoms. The molecular formula is C15H19N. The van der Waals surface area contributed by atoms with E-state index in [4.69, 9.17) is 5.73 Å². The average molecular weight is 213 g/mol. The van der Waals surface area contributed by atoms with Crippen molar-refractivity contribution in [2.24, 2.45) is 5.73 Å². The van der Waals surface area contributed by atoms with Crippen LogP contribution in [0.5, 0.6) is 0 Å². The summed E-state index contributed by atoms with van der Waals surface area (Å²) in [6, 6.07) is 8.58. The van der Waals surface area contributed by atoms with Gasteiger partial charge in [0.2, 0.25) is 0 Å². The van der Waals surface area contributed by atoms with E-state index >= 15 is 0 Å². The fourth-order valence-corrected chi connectivity index (χ4v) is 2.87. The Kier molecular flexibility index (Phi) is 2.42. The Labute approximate surface area is 97.7 Å². The molecule has 0 saturated heterocycles. The molecular weight excluding hydrogens is 194 g/mol. The highest BCUT2D eigenvalue weighted by atomic mass is 14.6. The molecule has 0 radical (unpaired) electrons. The summed E-state index contributed by atoms with van der Waals surface area (Å²) in [6.07, 6.45) is 2.17. The van der Waals surface area contributed by atoms with E-state index in [-0.39, 0.29) is 5.41 Å². The molecule has 1 aromatic carbocycles. The van der Waals surface area contributed by atoms with Crippen molar-refractivity contribution < 1.29 is 0 Å². The van der Waals surface area contributed by atoms with Crippen LogP contribution >= 0.6 is 0 Å². The third kappa shape index (κ3) is 1.31. The van der Waals surface area contributed by atoms with Gasteiger partial charge in [0.15, 0.2) is 0 Å². The van der Waals surface area contributed by atoms with Gasteiger partial charge in [-0.1, -0.05) is 44.2 Å². The molecule has 0 fully saturated rings. The lowest BCUT2D eigenvalue weighted by molar-refractivity contribution is 0.653. The van der Waals surface area contributed by atoms with E-state index in [1.165, 1.54) is 22.3 Å². The molecule has 0 aliphatic heterocycles. The van der Waals surface area contributed by atoms with Gasteiger partial charge in [-0.05, 0) is 36.1 Å². The molecule has 0 amide bonds. The van der Waals surface area contributed by atoms with Gasteiger partial charge < -0.3 is 5.73 Å². The number of benzene rings is 1. The van der Waals surface area contributed by atoms with E-state index in [1.807, 2.05) is 6.92 Å². The molecule has 0 bridgehead atoms. The van der Waals surface area contributed by atoms with E-state index < -0.39 is 0 Å². The van der Waals surface area contributed by atoms with Gasteiger partial charge >= 0.3 is 0 Å². The summed E-state index contributed by atoms with van der Waals surface area (Å²) >= 11 is 0. The lowest BCUT2D eigenvalue weighted by atomic mass is 9.81. The van der Waals surface area contributed by atoms with Crippen LogP contribution in [0, 0.1) is 0 Å². The molecule has 1 aliphatic rings. The van der Waals surface area contributed by atoms with E-state index in [1.54, 1.807) is 0 Å². The maximum atomic E-state index is 6.06. The quantitative estimate of drug-likeness (QED) is 0.700. The summed E-state index contributed by atoms with van der Waals surface area (Å²) in [6.45, 7) is 8.56. The van der Waals surface area contributed by atoms with E-state index in [0.717, 1.165) is 5.70 Å². The number of hydrogen-bond donors (Lipinski definition) is 1. The number of rotatable bonds is 0. The van der Waals surface area contributed by atoms with Crippen LogP contribution in [-0.2, 0) is 5.41 Å². The summed E-state index contributed by atoms with van der Waals surface area (Å²) in [7, 11) is 0. The van der Waals surface area contributed by atoms with Gasteiger partial charge in [-0.3, -0.25) is 0 Å². The largest absolute Gasteiger partial charge is 0.402 e. The molecule has 1 heteroatoms. The van der Waals surface area contributed by atoms with Crippen molar-refractivity contribution in [3.05, 3.63) is 52.7 Å². The standard InChI is InChI=1S/C15H19N/c1-5-11-12-8-6-7-9-13(12)15(3,4)14(11)10(2)16/h5-9H,16H2,1-4H3/b11-5?,14-10-. The SMILES string of the molecule is CC=C1/C(=C(\C)N)C(C)(C)c2ccccc21. The van der Waals surface area contributed by atoms with Crippen molar-refractivity contribution in [1.82, 2.24) is 0 Å². The second-order valence-electron chi connectivity index (χ2n) is 4.93. The average Bonchev–Trinajstić information content (AvgIpc) is 2.47. The molecule has 84 valence electrons. The lowest BCUT2D eigenvalue weighted by Gasteiger charge is -2.23. The Bertz CT molecular complexity index is 486. The van der Waals surface area contributed by atoms with E-state index in [9.17, 15) is 0 Å². The monoisotopic (exact) mass is 213 g/mol. The third-order valence-electron chi connectivity index (χ3n) is 3.47. The van der Waals surface area contributed by atoms with Gasteiger partial charge in [0.05, 0.1) is 0 Å². The second-order valence-corrected chi connectivity index (χ2v) is 4.93.